The maximum absolute atomic E-state index is 12.2. The minimum absolute atomic E-state index is 0.0312. The largest absolute Gasteiger partial charge is 0.393 e. The van der Waals surface area contributed by atoms with Crippen molar-refractivity contribution >= 4 is 44.7 Å². The number of carbonyl (C=O) groups excluding carboxylic acids is 1. The van der Waals surface area contributed by atoms with Gasteiger partial charge in [-0.2, -0.15) is 11.8 Å². The lowest BCUT2D eigenvalue weighted by atomic mass is 10.1. The van der Waals surface area contributed by atoms with Gasteiger partial charge in [0.15, 0.2) is 9.84 Å². The summed E-state index contributed by atoms with van der Waals surface area (Å²) >= 11 is 6.35. The third-order valence-corrected chi connectivity index (χ3v) is 6.62. The number of amides is 1. The second-order valence-corrected chi connectivity index (χ2v) is 8.21. The third-order valence-electron chi connectivity index (χ3n) is 2.98. The van der Waals surface area contributed by atoms with Gasteiger partial charge in [-0.05, 0) is 6.92 Å². The van der Waals surface area contributed by atoms with Crippen LogP contribution in [0, 0.1) is 5.92 Å². The van der Waals surface area contributed by atoms with Gasteiger partial charge >= 0.3 is 0 Å². The summed E-state index contributed by atoms with van der Waals surface area (Å²) in [6, 6.07) is 0. The van der Waals surface area contributed by atoms with Crippen molar-refractivity contribution in [3.8, 4) is 0 Å². The smallest absolute Gasteiger partial charge is 0.233 e. The molecule has 0 spiro atoms. The van der Waals surface area contributed by atoms with Gasteiger partial charge in [-0.1, -0.05) is 19.1 Å². The quantitative estimate of drug-likeness (QED) is 0.750. The fraction of sp³-hybridized carbons (Fsp3) is 0.800. The fourth-order valence-electron chi connectivity index (χ4n) is 1.69. The monoisotopic (exact) mass is 310 g/mol. The van der Waals surface area contributed by atoms with Gasteiger partial charge in [-0.3, -0.25) is 4.79 Å². The van der Waals surface area contributed by atoms with E-state index in [0.717, 1.165) is 5.75 Å². The highest BCUT2D eigenvalue weighted by Crippen LogP contribution is 2.23. The molecule has 2 N–H and O–H groups in total. The number of nitrogens with two attached hydrogens (primary N) is 1. The predicted octanol–water partition coefficient (Wildman–Crippen LogP) is 0.245. The van der Waals surface area contributed by atoms with Gasteiger partial charge in [0.1, 0.15) is 5.37 Å². The summed E-state index contributed by atoms with van der Waals surface area (Å²) in [5.41, 5.74) is 5.46. The van der Waals surface area contributed by atoms with Crippen molar-refractivity contribution in [3.63, 3.8) is 0 Å². The van der Waals surface area contributed by atoms with Crippen LogP contribution in [0.3, 0.4) is 0 Å². The first-order valence-electron chi connectivity index (χ1n) is 5.70. The zero-order valence-electron chi connectivity index (χ0n) is 10.5. The zero-order valence-corrected chi connectivity index (χ0v) is 12.9. The molecule has 2 atom stereocenters. The number of thioether (sulfide) groups is 1. The van der Waals surface area contributed by atoms with Gasteiger partial charge in [0.2, 0.25) is 5.91 Å². The van der Waals surface area contributed by atoms with E-state index in [4.69, 9.17) is 18.0 Å². The molecule has 0 saturated carbocycles. The number of carbonyl (C=O) groups is 1. The number of rotatable bonds is 4. The van der Waals surface area contributed by atoms with Crippen LogP contribution in [0.15, 0.2) is 0 Å². The van der Waals surface area contributed by atoms with Gasteiger partial charge < -0.3 is 10.6 Å². The van der Waals surface area contributed by atoms with Crippen LogP contribution in [-0.2, 0) is 14.6 Å². The summed E-state index contributed by atoms with van der Waals surface area (Å²) in [4.78, 5) is 13.7. The molecule has 1 amide bonds. The molecule has 18 heavy (non-hydrogen) atoms. The Morgan fingerprint density at radius 3 is 2.72 bits per heavy atom. The first kappa shape index (κ1) is 15.7. The molecular weight excluding hydrogens is 292 g/mol. The van der Waals surface area contributed by atoms with Crippen molar-refractivity contribution < 1.29 is 13.2 Å². The Kier molecular flexibility index (Phi) is 5.42. The Hall–Kier alpha value is -0.340. The summed E-state index contributed by atoms with van der Waals surface area (Å²) in [6.07, 6.45) is 0. The molecule has 1 rings (SSSR count). The molecule has 0 radical (unpaired) electrons. The molecule has 0 bridgehead atoms. The van der Waals surface area contributed by atoms with Crippen LogP contribution in [-0.4, -0.2) is 53.4 Å². The molecule has 104 valence electrons. The molecule has 1 saturated heterocycles. The first-order chi connectivity index (χ1) is 8.31. The lowest BCUT2D eigenvalue weighted by molar-refractivity contribution is -0.133. The van der Waals surface area contributed by atoms with E-state index in [1.165, 1.54) is 4.90 Å². The molecule has 1 heterocycles. The van der Waals surface area contributed by atoms with E-state index < -0.39 is 21.1 Å². The summed E-state index contributed by atoms with van der Waals surface area (Å²) in [7, 11) is -3.27. The summed E-state index contributed by atoms with van der Waals surface area (Å²) in [6.45, 7) is 3.64. The Labute approximate surface area is 117 Å². The van der Waals surface area contributed by atoms with E-state index in [0.29, 0.717) is 12.3 Å². The second kappa shape index (κ2) is 6.21. The standard InChI is InChI=1S/C10H18N2O3S3/c1-3-18(14,15)8-6-17-5-4-12(8)10(13)7(2)9(11)16/h7-8H,3-6H2,1-2H3,(H2,11,16). The molecule has 2 unspecified atom stereocenters. The van der Waals surface area contributed by atoms with E-state index in [9.17, 15) is 13.2 Å². The topological polar surface area (TPSA) is 80.5 Å². The van der Waals surface area contributed by atoms with E-state index >= 15 is 0 Å². The van der Waals surface area contributed by atoms with Crippen molar-refractivity contribution in [3.05, 3.63) is 0 Å². The third kappa shape index (κ3) is 3.36. The average Bonchev–Trinajstić information content (AvgIpc) is 2.36. The summed E-state index contributed by atoms with van der Waals surface area (Å²) in [5, 5.41) is -0.745. The highest BCUT2D eigenvalue weighted by atomic mass is 32.2. The van der Waals surface area contributed by atoms with E-state index in [2.05, 4.69) is 0 Å². The molecule has 1 aliphatic heterocycles. The molecular formula is C10H18N2O3S3. The molecule has 1 fully saturated rings. The number of hydrogen-bond donors (Lipinski definition) is 1. The number of sulfone groups is 1. The maximum atomic E-state index is 12.2. The SMILES string of the molecule is CCS(=O)(=O)C1CSCCN1C(=O)C(C)C(N)=S. The Balaban J connectivity index is 2.97. The number of thiocarbonyl (C=S) groups is 1. The lowest BCUT2D eigenvalue weighted by Gasteiger charge is -2.36. The summed E-state index contributed by atoms with van der Waals surface area (Å²) < 4.78 is 24.0. The van der Waals surface area contributed by atoms with Crippen LogP contribution >= 0.6 is 24.0 Å². The normalized spacial score (nSPS) is 22.6. The predicted molar refractivity (Wildman–Crippen MR) is 78.2 cm³/mol. The second-order valence-electron chi connectivity index (χ2n) is 4.14. The van der Waals surface area contributed by atoms with Gasteiger partial charge in [-0.25, -0.2) is 8.42 Å². The van der Waals surface area contributed by atoms with Crippen LogP contribution in [0.4, 0.5) is 0 Å². The molecule has 8 heteroatoms. The van der Waals surface area contributed by atoms with Crippen LogP contribution in [0.1, 0.15) is 13.8 Å². The van der Waals surface area contributed by atoms with E-state index in [1.54, 1.807) is 25.6 Å². The van der Waals surface area contributed by atoms with Crippen molar-refractivity contribution in [2.45, 2.75) is 19.2 Å². The van der Waals surface area contributed by atoms with Crippen LogP contribution in [0.2, 0.25) is 0 Å². The fourth-order valence-corrected chi connectivity index (χ4v) is 4.77. The van der Waals surface area contributed by atoms with Crippen LogP contribution < -0.4 is 5.73 Å². The van der Waals surface area contributed by atoms with Crippen molar-refractivity contribution in [2.24, 2.45) is 11.7 Å². The van der Waals surface area contributed by atoms with Gasteiger partial charge in [0.05, 0.1) is 10.9 Å². The molecule has 0 aromatic rings. The highest BCUT2D eigenvalue weighted by Gasteiger charge is 2.37. The summed E-state index contributed by atoms with van der Waals surface area (Å²) in [5.74, 6) is 0.295. The number of nitrogens with zero attached hydrogens (tertiary/aromatic N) is 1. The van der Waals surface area contributed by atoms with Crippen molar-refractivity contribution in [2.75, 3.05) is 23.8 Å². The molecule has 0 aromatic carbocycles. The van der Waals surface area contributed by atoms with Gasteiger partial charge in [0, 0.05) is 23.8 Å². The van der Waals surface area contributed by atoms with Crippen LogP contribution in [0.5, 0.6) is 0 Å². The van der Waals surface area contributed by atoms with E-state index in [1.807, 2.05) is 0 Å². The zero-order chi connectivity index (χ0) is 13.9. The molecule has 1 aliphatic rings. The Morgan fingerprint density at radius 2 is 2.22 bits per heavy atom. The highest BCUT2D eigenvalue weighted by molar-refractivity contribution is 8.01. The van der Waals surface area contributed by atoms with E-state index in [-0.39, 0.29) is 16.6 Å². The minimum Gasteiger partial charge on any atom is -0.393 e. The minimum atomic E-state index is -3.27. The Morgan fingerprint density at radius 1 is 1.61 bits per heavy atom. The average molecular weight is 310 g/mol. The lowest BCUT2D eigenvalue weighted by Crippen LogP contribution is -2.53. The van der Waals surface area contributed by atoms with Crippen molar-refractivity contribution in [1.29, 1.82) is 0 Å². The Bertz CT molecular complexity index is 436. The van der Waals surface area contributed by atoms with Crippen molar-refractivity contribution in [1.82, 2.24) is 4.90 Å². The van der Waals surface area contributed by atoms with Gasteiger partial charge in [0.25, 0.3) is 0 Å². The van der Waals surface area contributed by atoms with Gasteiger partial charge in [-0.15, -0.1) is 0 Å². The molecule has 0 aromatic heterocycles. The first-order valence-corrected chi connectivity index (χ1v) is 8.98. The maximum Gasteiger partial charge on any atom is 0.233 e. The molecule has 0 aliphatic carbocycles. The number of hydrogen-bond acceptors (Lipinski definition) is 5. The molecule has 5 nitrogen and oxygen atoms in total. The van der Waals surface area contributed by atoms with Crippen LogP contribution in [0.25, 0.3) is 0 Å².